The highest BCUT2D eigenvalue weighted by molar-refractivity contribution is 7.08. The first-order chi connectivity index (χ1) is 7.71. The minimum absolute atomic E-state index is 0.339. The fraction of sp³-hybridized carbons (Fsp3) is 0.750. The Kier molecular flexibility index (Phi) is 4.83. The molecule has 1 heterocycles. The Bertz CT molecular complexity index is 314. The van der Waals surface area contributed by atoms with Crippen molar-refractivity contribution in [1.82, 2.24) is 0 Å². The van der Waals surface area contributed by atoms with Crippen LogP contribution < -0.4 is 0 Å². The maximum absolute atomic E-state index is 2.40. The Hall–Kier alpha value is -0.300. The molecule has 0 aromatic carbocycles. The number of hydrogen-bond donors (Lipinski definition) is 0. The maximum atomic E-state index is 2.40. The second-order valence-corrected chi connectivity index (χ2v) is 8.08. The zero-order chi connectivity index (χ0) is 13.1. The molecule has 1 unspecified atom stereocenters. The summed E-state index contributed by atoms with van der Waals surface area (Å²) in [5.74, 6) is 0.827. The first kappa shape index (κ1) is 14.8. The third kappa shape index (κ3) is 5.25. The summed E-state index contributed by atoms with van der Waals surface area (Å²) in [7, 11) is 0. The van der Waals surface area contributed by atoms with E-state index >= 15 is 0 Å². The first-order valence-electron chi connectivity index (χ1n) is 6.73. The van der Waals surface area contributed by atoms with E-state index in [9.17, 15) is 0 Å². The van der Waals surface area contributed by atoms with Gasteiger partial charge in [-0.05, 0) is 58.4 Å². The predicted molar refractivity (Wildman–Crippen MR) is 79.8 cm³/mol. The van der Waals surface area contributed by atoms with Gasteiger partial charge in [-0.2, -0.15) is 11.3 Å². The van der Waals surface area contributed by atoms with Crippen molar-refractivity contribution >= 4 is 11.3 Å². The quantitative estimate of drug-likeness (QED) is 0.614. The molecule has 0 bridgehead atoms. The fourth-order valence-electron chi connectivity index (χ4n) is 2.55. The van der Waals surface area contributed by atoms with E-state index in [1.54, 1.807) is 0 Å². The van der Waals surface area contributed by atoms with Crippen LogP contribution in [0.2, 0.25) is 0 Å². The lowest BCUT2D eigenvalue weighted by Gasteiger charge is -2.28. The van der Waals surface area contributed by atoms with Crippen molar-refractivity contribution in [3.63, 3.8) is 0 Å². The number of hydrogen-bond acceptors (Lipinski definition) is 1. The summed E-state index contributed by atoms with van der Waals surface area (Å²) in [6.45, 7) is 14.2. The lowest BCUT2D eigenvalue weighted by molar-refractivity contribution is 0.278. The van der Waals surface area contributed by atoms with Crippen LogP contribution in [-0.2, 0) is 5.41 Å². The highest BCUT2D eigenvalue weighted by atomic mass is 32.1. The molecule has 17 heavy (non-hydrogen) atoms. The van der Waals surface area contributed by atoms with Gasteiger partial charge in [-0.3, -0.25) is 0 Å². The molecule has 0 nitrogen and oxygen atoms in total. The summed E-state index contributed by atoms with van der Waals surface area (Å²) in [6.07, 6.45) is 3.95. The van der Waals surface area contributed by atoms with Crippen LogP contribution in [0.15, 0.2) is 16.8 Å². The first-order valence-corrected chi connectivity index (χ1v) is 7.68. The highest BCUT2D eigenvalue weighted by Crippen LogP contribution is 2.34. The largest absolute Gasteiger partial charge is 0.152 e. The smallest absolute Gasteiger partial charge is 0.00558 e. The van der Waals surface area contributed by atoms with Crippen LogP contribution >= 0.6 is 11.3 Å². The third-order valence-electron chi connectivity index (χ3n) is 3.53. The zero-order valence-corrected chi connectivity index (χ0v) is 13.2. The van der Waals surface area contributed by atoms with Gasteiger partial charge in [-0.15, -0.1) is 0 Å². The van der Waals surface area contributed by atoms with Crippen molar-refractivity contribution < 1.29 is 0 Å². The SMILES string of the molecule is CC(CCC(C)(C)c1ccsc1)CC(C)(C)C. The Balaban J connectivity index is 2.45. The van der Waals surface area contributed by atoms with Crippen molar-refractivity contribution in [2.24, 2.45) is 11.3 Å². The van der Waals surface area contributed by atoms with E-state index in [0.29, 0.717) is 10.8 Å². The molecule has 1 aromatic rings. The van der Waals surface area contributed by atoms with Crippen LogP contribution in [0.5, 0.6) is 0 Å². The van der Waals surface area contributed by atoms with Gasteiger partial charge in [0.25, 0.3) is 0 Å². The van der Waals surface area contributed by atoms with Crippen molar-refractivity contribution in [2.45, 2.75) is 66.2 Å². The van der Waals surface area contributed by atoms with Gasteiger partial charge < -0.3 is 0 Å². The molecular weight excluding hydrogens is 224 g/mol. The summed E-state index contributed by atoms with van der Waals surface area (Å²) >= 11 is 1.81. The molecule has 0 N–H and O–H groups in total. The maximum Gasteiger partial charge on any atom is -0.00558 e. The lowest BCUT2D eigenvalue weighted by atomic mass is 9.77. The van der Waals surface area contributed by atoms with E-state index < -0.39 is 0 Å². The minimum atomic E-state index is 0.339. The molecule has 0 radical (unpaired) electrons. The average molecular weight is 252 g/mol. The Labute approximate surface area is 111 Å². The minimum Gasteiger partial charge on any atom is -0.152 e. The van der Waals surface area contributed by atoms with Gasteiger partial charge in [0.1, 0.15) is 0 Å². The van der Waals surface area contributed by atoms with Crippen molar-refractivity contribution in [1.29, 1.82) is 0 Å². The summed E-state index contributed by atoms with van der Waals surface area (Å²) < 4.78 is 0. The molecular formula is C16H28S. The summed E-state index contributed by atoms with van der Waals surface area (Å²) in [4.78, 5) is 0. The summed E-state index contributed by atoms with van der Waals surface area (Å²) in [6, 6.07) is 2.28. The van der Waals surface area contributed by atoms with E-state index in [4.69, 9.17) is 0 Å². The van der Waals surface area contributed by atoms with Crippen LogP contribution in [-0.4, -0.2) is 0 Å². The van der Waals surface area contributed by atoms with E-state index in [2.05, 4.69) is 58.4 Å². The molecule has 0 aliphatic carbocycles. The van der Waals surface area contributed by atoms with E-state index in [-0.39, 0.29) is 0 Å². The summed E-state index contributed by atoms with van der Waals surface area (Å²) in [5, 5.41) is 4.49. The second kappa shape index (κ2) is 5.56. The predicted octanol–water partition coefficient (Wildman–Crippen LogP) is 5.88. The van der Waals surface area contributed by atoms with Gasteiger partial charge in [0, 0.05) is 0 Å². The standard InChI is InChI=1S/C16H28S/c1-13(11-15(2,3)4)7-9-16(5,6)14-8-10-17-12-14/h8,10,12-13H,7,9,11H2,1-6H3. The highest BCUT2D eigenvalue weighted by Gasteiger charge is 2.23. The van der Waals surface area contributed by atoms with Gasteiger partial charge in [-0.25, -0.2) is 0 Å². The van der Waals surface area contributed by atoms with Crippen LogP contribution in [0.25, 0.3) is 0 Å². The molecule has 1 atom stereocenters. The third-order valence-corrected chi connectivity index (χ3v) is 4.21. The molecule has 0 amide bonds. The van der Waals surface area contributed by atoms with E-state index in [1.165, 1.54) is 24.8 Å². The van der Waals surface area contributed by atoms with E-state index in [0.717, 1.165) is 5.92 Å². The van der Waals surface area contributed by atoms with Crippen LogP contribution in [0.1, 0.15) is 66.4 Å². The Morgan fingerprint density at radius 1 is 1.18 bits per heavy atom. The van der Waals surface area contributed by atoms with Crippen LogP contribution in [0.4, 0.5) is 0 Å². The van der Waals surface area contributed by atoms with Crippen LogP contribution in [0, 0.1) is 11.3 Å². The van der Waals surface area contributed by atoms with Gasteiger partial charge in [0.05, 0.1) is 0 Å². The number of thiophene rings is 1. The van der Waals surface area contributed by atoms with Gasteiger partial charge in [0.2, 0.25) is 0 Å². The van der Waals surface area contributed by atoms with Crippen molar-refractivity contribution in [2.75, 3.05) is 0 Å². The Morgan fingerprint density at radius 2 is 1.82 bits per heavy atom. The second-order valence-electron chi connectivity index (χ2n) is 7.30. The fourth-order valence-corrected chi connectivity index (χ4v) is 3.40. The monoisotopic (exact) mass is 252 g/mol. The lowest BCUT2D eigenvalue weighted by Crippen LogP contribution is -2.19. The molecule has 0 fully saturated rings. The molecule has 0 saturated carbocycles. The molecule has 0 spiro atoms. The molecule has 0 aliphatic rings. The molecule has 0 aliphatic heterocycles. The molecule has 98 valence electrons. The van der Waals surface area contributed by atoms with Gasteiger partial charge in [-0.1, -0.05) is 41.5 Å². The molecule has 1 aromatic heterocycles. The molecule has 1 rings (SSSR count). The van der Waals surface area contributed by atoms with E-state index in [1.807, 2.05) is 11.3 Å². The van der Waals surface area contributed by atoms with Crippen molar-refractivity contribution in [3.05, 3.63) is 22.4 Å². The van der Waals surface area contributed by atoms with Crippen molar-refractivity contribution in [3.8, 4) is 0 Å². The summed E-state index contributed by atoms with van der Waals surface area (Å²) in [5.41, 5.74) is 2.31. The average Bonchev–Trinajstić information content (AvgIpc) is 2.65. The topological polar surface area (TPSA) is 0 Å². The Morgan fingerprint density at radius 3 is 2.29 bits per heavy atom. The van der Waals surface area contributed by atoms with Gasteiger partial charge in [0.15, 0.2) is 0 Å². The normalized spacial score (nSPS) is 14.9. The number of rotatable bonds is 5. The van der Waals surface area contributed by atoms with Crippen LogP contribution in [0.3, 0.4) is 0 Å². The molecule has 0 saturated heterocycles. The van der Waals surface area contributed by atoms with Gasteiger partial charge >= 0.3 is 0 Å². The zero-order valence-electron chi connectivity index (χ0n) is 12.3. The molecule has 1 heteroatoms.